The van der Waals surface area contributed by atoms with E-state index >= 15 is 0 Å². The Morgan fingerprint density at radius 3 is 2.50 bits per heavy atom. The molecule has 230 valence electrons. The van der Waals surface area contributed by atoms with E-state index in [4.69, 9.17) is 9.47 Å². The van der Waals surface area contributed by atoms with Gasteiger partial charge < -0.3 is 19.7 Å². The number of carbonyl (C=O) groups is 3. The first-order valence-electron chi connectivity index (χ1n) is 14.1. The lowest BCUT2D eigenvalue weighted by molar-refractivity contribution is -0.137. The van der Waals surface area contributed by atoms with Crippen molar-refractivity contribution in [2.75, 3.05) is 32.7 Å². The third-order valence-electron chi connectivity index (χ3n) is 7.67. The molecule has 1 aliphatic rings. The fraction of sp³-hybridized carbons (Fsp3) is 0.387. The predicted molar refractivity (Wildman–Crippen MR) is 167 cm³/mol. The summed E-state index contributed by atoms with van der Waals surface area (Å²) in [4.78, 5) is 54.8. The van der Waals surface area contributed by atoms with Crippen molar-refractivity contribution in [3.05, 3.63) is 63.9 Å². The van der Waals surface area contributed by atoms with Crippen molar-refractivity contribution in [2.45, 2.75) is 46.4 Å². The molecule has 2 unspecified atom stereocenters. The minimum Gasteiger partial charge on any atom is -0.384 e. The van der Waals surface area contributed by atoms with Crippen LogP contribution in [0.3, 0.4) is 0 Å². The number of ketones is 1. The number of likely N-dealkylation sites (tertiary alicyclic amines) is 1. The number of Topliss-reactive ketones (excluding diaryl/α,β-unsaturated/α-hetero) is 1. The van der Waals surface area contributed by atoms with E-state index in [1.54, 1.807) is 37.6 Å². The smallest absolute Gasteiger partial charge is 0.248 e. The number of amides is 2. The van der Waals surface area contributed by atoms with E-state index in [9.17, 15) is 14.4 Å². The number of nitrogens with zero attached hydrogens (tertiary/aromatic N) is 6. The monoisotopic (exact) mass is 663 g/mol. The number of methoxy groups -OCH3 is 2. The van der Waals surface area contributed by atoms with Gasteiger partial charge in [0.25, 0.3) is 0 Å². The van der Waals surface area contributed by atoms with Gasteiger partial charge in [-0.2, -0.15) is 5.10 Å². The zero-order chi connectivity index (χ0) is 31.5. The van der Waals surface area contributed by atoms with Crippen LogP contribution in [0.2, 0.25) is 0 Å². The largest absolute Gasteiger partial charge is 0.384 e. The van der Waals surface area contributed by atoms with Gasteiger partial charge in [0.2, 0.25) is 11.8 Å². The van der Waals surface area contributed by atoms with Crippen LogP contribution in [0.15, 0.2) is 41.3 Å². The number of halogens is 1. The van der Waals surface area contributed by atoms with Gasteiger partial charge in [-0.15, -0.1) is 0 Å². The van der Waals surface area contributed by atoms with E-state index in [0.717, 1.165) is 22.3 Å². The van der Waals surface area contributed by atoms with E-state index in [2.05, 4.69) is 41.3 Å². The van der Waals surface area contributed by atoms with Crippen LogP contribution in [-0.4, -0.2) is 80.6 Å². The zero-order valence-electron chi connectivity index (χ0n) is 25.3. The predicted octanol–water partition coefficient (Wildman–Crippen LogP) is 4.12. The number of pyridine rings is 1. The van der Waals surface area contributed by atoms with Crippen molar-refractivity contribution in [2.24, 2.45) is 5.92 Å². The van der Waals surface area contributed by atoms with Crippen LogP contribution in [-0.2, 0) is 32.2 Å². The van der Waals surface area contributed by atoms with Crippen molar-refractivity contribution in [1.82, 2.24) is 29.6 Å². The normalized spacial score (nSPS) is 16.5. The Kier molecular flexibility index (Phi) is 9.47. The van der Waals surface area contributed by atoms with E-state index in [1.807, 2.05) is 32.0 Å². The Bertz CT molecular complexity index is 1720. The summed E-state index contributed by atoms with van der Waals surface area (Å²) in [5.74, 6) is 0.175. The Morgan fingerprint density at radius 2 is 1.82 bits per heavy atom. The summed E-state index contributed by atoms with van der Waals surface area (Å²) in [6.07, 6.45) is 3.89. The molecule has 0 spiro atoms. The van der Waals surface area contributed by atoms with Crippen LogP contribution in [0.4, 0.5) is 5.82 Å². The van der Waals surface area contributed by atoms with Crippen LogP contribution in [0, 0.1) is 19.8 Å². The molecule has 0 radical (unpaired) electrons. The standard InChI is InChI=1S/C31H34BrN7O5/c1-17-6-7-26(32)35-30(17)36-31(42)25-8-20(15-43-4)13-38(25)27(41)14-39-29-22(16-44-5)9-21(23-11-33-19(3)34-12-23)10-24(29)28(37-39)18(2)40/h6-7,9-12,20,25H,8,13-16H2,1-5H3,(H,35,36,42). The van der Waals surface area contributed by atoms with Gasteiger partial charge >= 0.3 is 0 Å². The lowest BCUT2D eigenvalue weighted by Gasteiger charge is -2.24. The second kappa shape index (κ2) is 13.3. The van der Waals surface area contributed by atoms with Gasteiger partial charge in [0.05, 0.1) is 18.7 Å². The van der Waals surface area contributed by atoms with Gasteiger partial charge in [-0.25, -0.2) is 15.0 Å². The van der Waals surface area contributed by atoms with Gasteiger partial charge in [-0.05, 0) is 65.5 Å². The van der Waals surface area contributed by atoms with Crippen molar-refractivity contribution in [3.63, 3.8) is 0 Å². The Morgan fingerprint density at radius 1 is 1.07 bits per heavy atom. The molecule has 44 heavy (non-hydrogen) atoms. The zero-order valence-corrected chi connectivity index (χ0v) is 26.8. The van der Waals surface area contributed by atoms with Crippen LogP contribution >= 0.6 is 15.9 Å². The number of ether oxygens (including phenoxy) is 2. The summed E-state index contributed by atoms with van der Waals surface area (Å²) in [5, 5.41) is 8.09. The SMILES string of the molecule is COCc1cc(-c2cnc(C)nc2)cc2c(C(C)=O)nn(CC(=O)N3CC(COC)CC3C(=O)Nc3nc(Br)ccc3C)c12. The molecule has 4 aromatic rings. The molecular formula is C31H34BrN7O5. The van der Waals surface area contributed by atoms with E-state index in [1.165, 1.54) is 11.6 Å². The Labute approximate surface area is 263 Å². The molecule has 13 heteroatoms. The Hall–Kier alpha value is -4.07. The lowest BCUT2D eigenvalue weighted by Crippen LogP contribution is -2.44. The molecule has 2 atom stereocenters. The topological polar surface area (TPSA) is 141 Å². The maximum atomic E-state index is 14.0. The second-order valence-electron chi connectivity index (χ2n) is 11.0. The molecule has 2 amide bonds. The van der Waals surface area contributed by atoms with Crippen LogP contribution in [0.5, 0.6) is 0 Å². The molecule has 0 saturated carbocycles. The summed E-state index contributed by atoms with van der Waals surface area (Å²) in [6.45, 7) is 5.90. The first-order valence-corrected chi connectivity index (χ1v) is 14.9. The molecular weight excluding hydrogens is 630 g/mol. The minimum absolute atomic E-state index is 0.0262. The molecule has 0 aliphatic carbocycles. The average Bonchev–Trinajstić information content (AvgIpc) is 3.58. The maximum absolute atomic E-state index is 14.0. The van der Waals surface area contributed by atoms with Gasteiger partial charge in [0.1, 0.15) is 34.5 Å². The summed E-state index contributed by atoms with van der Waals surface area (Å²) in [5.41, 5.74) is 3.98. The van der Waals surface area contributed by atoms with Gasteiger partial charge in [0.15, 0.2) is 5.78 Å². The lowest BCUT2D eigenvalue weighted by atomic mass is 10.0. The number of aryl methyl sites for hydroxylation is 2. The summed E-state index contributed by atoms with van der Waals surface area (Å²) >= 11 is 3.35. The van der Waals surface area contributed by atoms with E-state index in [-0.39, 0.29) is 42.4 Å². The number of carbonyl (C=O) groups excluding carboxylic acids is 3. The molecule has 1 aliphatic heterocycles. The highest BCUT2D eigenvalue weighted by Crippen LogP contribution is 2.32. The van der Waals surface area contributed by atoms with Crippen LogP contribution in [0.1, 0.15) is 40.8 Å². The molecule has 12 nitrogen and oxygen atoms in total. The van der Waals surface area contributed by atoms with Crippen LogP contribution in [0.25, 0.3) is 22.0 Å². The molecule has 3 aromatic heterocycles. The number of nitrogens with one attached hydrogen (secondary N) is 1. The molecule has 1 N–H and O–H groups in total. The van der Waals surface area contributed by atoms with Gasteiger partial charge in [-0.1, -0.05) is 6.07 Å². The first-order chi connectivity index (χ1) is 21.1. The number of hydrogen-bond acceptors (Lipinski definition) is 9. The van der Waals surface area contributed by atoms with E-state index < -0.39 is 6.04 Å². The number of hydrogen-bond donors (Lipinski definition) is 1. The minimum atomic E-state index is -0.733. The van der Waals surface area contributed by atoms with Crippen molar-refractivity contribution in [3.8, 4) is 11.1 Å². The molecule has 4 heterocycles. The first kappa shape index (κ1) is 31.4. The average molecular weight is 665 g/mol. The quantitative estimate of drug-likeness (QED) is 0.196. The van der Waals surface area contributed by atoms with Crippen molar-refractivity contribution >= 4 is 50.2 Å². The van der Waals surface area contributed by atoms with Crippen LogP contribution < -0.4 is 5.32 Å². The molecule has 1 fully saturated rings. The fourth-order valence-electron chi connectivity index (χ4n) is 5.61. The number of benzene rings is 1. The summed E-state index contributed by atoms with van der Waals surface area (Å²) < 4.78 is 13.0. The highest BCUT2D eigenvalue weighted by molar-refractivity contribution is 9.10. The maximum Gasteiger partial charge on any atom is 0.248 e. The third kappa shape index (κ3) is 6.54. The number of fused-ring (bicyclic) bond motifs is 1. The van der Waals surface area contributed by atoms with Crippen molar-refractivity contribution in [1.29, 1.82) is 0 Å². The van der Waals surface area contributed by atoms with Gasteiger partial charge in [0, 0.05) is 62.5 Å². The number of rotatable bonds is 10. The van der Waals surface area contributed by atoms with Gasteiger partial charge in [-0.3, -0.25) is 19.1 Å². The number of anilines is 1. The molecule has 5 rings (SSSR count). The number of aromatic nitrogens is 5. The van der Waals surface area contributed by atoms with Crippen molar-refractivity contribution < 1.29 is 23.9 Å². The second-order valence-corrected chi connectivity index (χ2v) is 11.8. The third-order valence-corrected chi connectivity index (χ3v) is 8.11. The summed E-state index contributed by atoms with van der Waals surface area (Å²) in [7, 11) is 3.18. The fourth-order valence-corrected chi connectivity index (χ4v) is 5.92. The molecule has 1 saturated heterocycles. The highest BCUT2D eigenvalue weighted by Gasteiger charge is 2.40. The molecule has 1 aromatic carbocycles. The summed E-state index contributed by atoms with van der Waals surface area (Å²) in [6, 6.07) is 6.71. The van der Waals surface area contributed by atoms with E-state index in [0.29, 0.717) is 46.7 Å². The Balaban J connectivity index is 1.50. The highest BCUT2D eigenvalue weighted by atomic mass is 79.9. The molecule has 0 bridgehead atoms.